The number of benzene rings is 4. The molecule has 0 spiro atoms. The molecule has 1 aliphatic carbocycles. The van der Waals surface area contributed by atoms with E-state index < -0.39 is 0 Å². The Labute approximate surface area is 270 Å². The molecule has 5 aromatic rings. The number of aryl methyl sites for hydroxylation is 1. The molecule has 4 aromatic carbocycles. The minimum absolute atomic E-state index is 0.0418. The molecule has 0 bridgehead atoms. The normalized spacial score (nSPS) is 22.4. The van der Waals surface area contributed by atoms with Gasteiger partial charge in [-0.25, -0.2) is 0 Å². The molecule has 1 saturated carbocycles. The molecule has 2 aliphatic rings. The standard InChI is InChI=1S/C40H42O4S/c1-4-31-23-35(42-25-28-13-7-5-8-14-28)39(43-26-29-15-9-6-10-16-29)38(44-31)32-24-33(34(41-3)21-27(32)2)40(19-20-40)37-22-30-17-11-12-18-36(30)45-37/h5-18,21-22,24,31,35,38-39H,4,19-20,23,25-26H2,1-3H3/t31-,35+,38+,39-/m1/s1. The number of rotatable bonds is 11. The summed E-state index contributed by atoms with van der Waals surface area (Å²) in [6, 6.07) is 36.5. The van der Waals surface area contributed by atoms with Crippen molar-refractivity contribution in [3.63, 3.8) is 0 Å². The molecule has 1 saturated heterocycles. The second-order valence-electron chi connectivity index (χ2n) is 12.6. The lowest BCUT2D eigenvalue weighted by atomic mass is 9.85. The minimum Gasteiger partial charge on any atom is -0.496 e. The molecule has 0 unspecified atom stereocenters. The maximum Gasteiger partial charge on any atom is 0.123 e. The summed E-state index contributed by atoms with van der Waals surface area (Å²) in [7, 11) is 1.79. The molecule has 7 rings (SSSR count). The van der Waals surface area contributed by atoms with Gasteiger partial charge in [-0.2, -0.15) is 0 Å². The zero-order chi connectivity index (χ0) is 30.8. The van der Waals surface area contributed by atoms with Crippen LogP contribution in [0.3, 0.4) is 0 Å². The summed E-state index contributed by atoms with van der Waals surface area (Å²) in [5.41, 5.74) is 5.84. The van der Waals surface area contributed by atoms with Crippen LogP contribution in [0.1, 0.15) is 71.4 Å². The fourth-order valence-corrected chi connectivity index (χ4v) is 8.21. The van der Waals surface area contributed by atoms with Crippen molar-refractivity contribution in [3.05, 3.63) is 136 Å². The predicted octanol–water partition coefficient (Wildman–Crippen LogP) is 9.71. The van der Waals surface area contributed by atoms with Gasteiger partial charge in [0.1, 0.15) is 18.0 Å². The molecular weight excluding hydrogens is 577 g/mol. The Morgan fingerprint density at radius 2 is 1.49 bits per heavy atom. The number of thiophene rings is 1. The molecule has 2 heterocycles. The van der Waals surface area contributed by atoms with Crippen LogP contribution in [0.15, 0.2) is 103 Å². The zero-order valence-electron chi connectivity index (χ0n) is 26.4. The monoisotopic (exact) mass is 618 g/mol. The third kappa shape index (κ3) is 6.19. The first-order valence-corrected chi connectivity index (χ1v) is 17.0. The van der Waals surface area contributed by atoms with Gasteiger partial charge in [-0.1, -0.05) is 85.8 Å². The van der Waals surface area contributed by atoms with Crippen LogP contribution in [-0.4, -0.2) is 25.4 Å². The number of hydrogen-bond acceptors (Lipinski definition) is 5. The second-order valence-corrected chi connectivity index (χ2v) is 13.6. The molecule has 0 N–H and O–H groups in total. The number of fused-ring (bicyclic) bond motifs is 1. The highest BCUT2D eigenvalue weighted by atomic mass is 32.1. The van der Waals surface area contributed by atoms with Crippen molar-refractivity contribution in [2.75, 3.05) is 7.11 Å². The Balaban J connectivity index is 1.27. The molecule has 2 fully saturated rings. The number of methoxy groups -OCH3 is 1. The summed E-state index contributed by atoms with van der Waals surface area (Å²) < 4.78 is 27.9. The molecule has 0 radical (unpaired) electrons. The molecule has 5 heteroatoms. The van der Waals surface area contributed by atoms with Gasteiger partial charge in [0.2, 0.25) is 0 Å². The molecule has 4 nitrogen and oxygen atoms in total. The van der Waals surface area contributed by atoms with Crippen molar-refractivity contribution in [2.24, 2.45) is 0 Å². The van der Waals surface area contributed by atoms with Gasteiger partial charge in [0.25, 0.3) is 0 Å². The van der Waals surface area contributed by atoms with E-state index in [1.54, 1.807) is 7.11 Å². The van der Waals surface area contributed by atoms with Crippen molar-refractivity contribution >= 4 is 21.4 Å². The average molecular weight is 619 g/mol. The van der Waals surface area contributed by atoms with E-state index in [1.165, 1.54) is 26.1 Å². The number of ether oxygens (including phenoxy) is 4. The maximum absolute atomic E-state index is 6.96. The second kappa shape index (κ2) is 13.1. The smallest absolute Gasteiger partial charge is 0.123 e. The average Bonchev–Trinajstić information content (AvgIpc) is 3.78. The van der Waals surface area contributed by atoms with Gasteiger partial charge in [-0.15, -0.1) is 11.3 Å². The van der Waals surface area contributed by atoms with Crippen molar-refractivity contribution < 1.29 is 18.9 Å². The molecule has 1 aromatic heterocycles. The summed E-state index contributed by atoms with van der Waals surface area (Å²) in [6.45, 7) is 5.42. The van der Waals surface area contributed by atoms with Crippen LogP contribution in [0.4, 0.5) is 0 Å². The third-order valence-electron chi connectivity index (χ3n) is 9.60. The molecule has 232 valence electrons. The summed E-state index contributed by atoms with van der Waals surface area (Å²) in [5.74, 6) is 0.952. The van der Waals surface area contributed by atoms with Gasteiger partial charge in [-0.3, -0.25) is 0 Å². The first-order chi connectivity index (χ1) is 22.1. The van der Waals surface area contributed by atoms with E-state index in [1.807, 2.05) is 23.5 Å². The fourth-order valence-electron chi connectivity index (χ4n) is 6.88. The first kappa shape index (κ1) is 30.2. The van der Waals surface area contributed by atoms with Crippen LogP contribution < -0.4 is 4.74 Å². The lowest BCUT2D eigenvalue weighted by Gasteiger charge is -2.42. The Morgan fingerprint density at radius 3 is 2.13 bits per heavy atom. The Bertz CT molecular complexity index is 1690. The third-order valence-corrected chi connectivity index (χ3v) is 10.9. The molecule has 45 heavy (non-hydrogen) atoms. The van der Waals surface area contributed by atoms with Crippen LogP contribution in [0.5, 0.6) is 5.75 Å². The summed E-state index contributed by atoms with van der Waals surface area (Å²) in [5, 5.41) is 1.31. The summed E-state index contributed by atoms with van der Waals surface area (Å²) >= 11 is 1.91. The van der Waals surface area contributed by atoms with E-state index >= 15 is 0 Å². The molecular formula is C40H42O4S. The van der Waals surface area contributed by atoms with E-state index in [2.05, 4.69) is 105 Å². The first-order valence-electron chi connectivity index (χ1n) is 16.2. The lowest BCUT2D eigenvalue weighted by Crippen LogP contribution is -2.46. The minimum atomic E-state index is -0.268. The van der Waals surface area contributed by atoms with Crippen molar-refractivity contribution in [2.45, 2.75) is 82.6 Å². The molecule has 1 aliphatic heterocycles. The highest BCUT2D eigenvalue weighted by Gasteiger charge is 2.50. The topological polar surface area (TPSA) is 36.9 Å². The van der Waals surface area contributed by atoms with Crippen molar-refractivity contribution in [1.29, 1.82) is 0 Å². The zero-order valence-corrected chi connectivity index (χ0v) is 27.2. The summed E-state index contributed by atoms with van der Waals surface area (Å²) in [4.78, 5) is 1.41. The van der Waals surface area contributed by atoms with Crippen molar-refractivity contribution in [3.8, 4) is 5.75 Å². The summed E-state index contributed by atoms with van der Waals surface area (Å²) in [6.07, 6.45) is 3.37. The van der Waals surface area contributed by atoms with Crippen LogP contribution in [0, 0.1) is 6.92 Å². The van der Waals surface area contributed by atoms with Crippen LogP contribution in [0.25, 0.3) is 10.1 Å². The van der Waals surface area contributed by atoms with Gasteiger partial charge in [-0.05, 0) is 78.1 Å². The maximum atomic E-state index is 6.96. The highest BCUT2D eigenvalue weighted by Crippen LogP contribution is 2.59. The quantitative estimate of drug-likeness (QED) is 0.148. The fraction of sp³-hybridized carbons (Fsp3) is 0.350. The molecule has 0 amide bonds. The van der Waals surface area contributed by atoms with E-state index in [9.17, 15) is 0 Å². The lowest BCUT2D eigenvalue weighted by molar-refractivity contribution is -0.211. The van der Waals surface area contributed by atoms with E-state index in [4.69, 9.17) is 18.9 Å². The van der Waals surface area contributed by atoms with Crippen molar-refractivity contribution in [1.82, 2.24) is 0 Å². The van der Waals surface area contributed by atoms with E-state index in [0.717, 1.165) is 48.1 Å². The van der Waals surface area contributed by atoms with E-state index in [0.29, 0.717) is 13.2 Å². The Morgan fingerprint density at radius 1 is 0.822 bits per heavy atom. The highest BCUT2D eigenvalue weighted by molar-refractivity contribution is 7.19. The SMILES string of the molecule is CC[C@@H]1C[C@H](OCc2ccccc2)[C@@H](OCc2ccccc2)[C@H](c2cc(C3(c4cc5ccccc5s4)CC3)c(OC)cc2C)O1. The van der Waals surface area contributed by atoms with Gasteiger partial charge in [0.15, 0.2) is 0 Å². The largest absolute Gasteiger partial charge is 0.496 e. The van der Waals surface area contributed by atoms with Gasteiger partial charge in [0, 0.05) is 27.0 Å². The molecule has 4 atom stereocenters. The van der Waals surface area contributed by atoms with E-state index in [-0.39, 0.29) is 29.8 Å². The Hall–Kier alpha value is -3.48. The van der Waals surface area contributed by atoms with Crippen LogP contribution >= 0.6 is 11.3 Å². The Kier molecular flexibility index (Phi) is 8.78. The van der Waals surface area contributed by atoms with Gasteiger partial charge in [0.05, 0.1) is 32.5 Å². The van der Waals surface area contributed by atoms with Crippen LogP contribution in [0.2, 0.25) is 0 Å². The van der Waals surface area contributed by atoms with Gasteiger partial charge < -0.3 is 18.9 Å². The predicted molar refractivity (Wildman–Crippen MR) is 182 cm³/mol. The number of hydrogen-bond donors (Lipinski definition) is 0. The van der Waals surface area contributed by atoms with Gasteiger partial charge >= 0.3 is 0 Å². The van der Waals surface area contributed by atoms with Crippen LogP contribution in [-0.2, 0) is 32.8 Å².